The number of methoxy groups -OCH3 is 3. The second-order valence-corrected chi connectivity index (χ2v) is 6.84. The number of pyridine rings is 2. The first-order chi connectivity index (χ1) is 15.3. The van der Waals surface area contributed by atoms with Crippen LogP contribution >= 0.6 is 0 Å². The molecule has 168 valence electrons. The number of aromatic nitrogens is 4. The van der Waals surface area contributed by atoms with Crippen LogP contribution in [0.25, 0.3) is 11.3 Å². The molecule has 9 nitrogen and oxygen atoms in total. The van der Waals surface area contributed by atoms with Gasteiger partial charge in [-0.3, -0.25) is 14.4 Å². The Kier molecular flexibility index (Phi) is 5.46. The third-order valence-corrected chi connectivity index (χ3v) is 4.83. The van der Waals surface area contributed by atoms with E-state index in [-0.39, 0.29) is 11.3 Å². The summed E-state index contributed by atoms with van der Waals surface area (Å²) in [5.74, 6) is 0.262. The van der Waals surface area contributed by atoms with Crippen molar-refractivity contribution in [2.45, 2.75) is 18.9 Å². The number of hydrogen-bond donors (Lipinski definition) is 0. The Balaban J connectivity index is 1.69. The van der Waals surface area contributed by atoms with Gasteiger partial charge in [0.2, 0.25) is 0 Å². The molecule has 1 aliphatic heterocycles. The highest BCUT2D eigenvalue weighted by Crippen LogP contribution is 2.38. The number of hydrogen-bond acceptors (Lipinski definition) is 7. The van der Waals surface area contributed by atoms with Gasteiger partial charge in [0.15, 0.2) is 12.0 Å². The Morgan fingerprint density at radius 1 is 1.12 bits per heavy atom. The lowest BCUT2D eigenvalue weighted by Gasteiger charge is -2.21. The normalized spacial score (nSPS) is 15.8. The summed E-state index contributed by atoms with van der Waals surface area (Å²) < 4.78 is 54.6. The van der Waals surface area contributed by atoms with Crippen LogP contribution in [0.15, 0.2) is 36.8 Å². The van der Waals surface area contributed by atoms with E-state index in [1.807, 2.05) is 0 Å². The van der Waals surface area contributed by atoms with Crippen LogP contribution in [0.3, 0.4) is 0 Å². The van der Waals surface area contributed by atoms with Crippen LogP contribution in [0.1, 0.15) is 22.3 Å². The molecule has 0 spiro atoms. The average Bonchev–Trinajstić information content (AvgIpc) is 3.32. The molecule has 0 aromatic carbocycles. The van der Waals surface area contributed by atoms with Crippen molar-refractivity contribution in [1.82, 2.24) is 19.7 Å². The molecule has 4 rings (SSSR count). The lowest BCUT2D eigenvalue weighted by Crippen LogP contribution is -2.28. The predicted octanol–water partition coefficient (Wildman–Crippen LogP) is 3.23. The molecule has 4 heterocycles. The maximum absolute atomic E-state index is 13.0. The van der Waals surface area contributed by atoms with Crippen LogP contribution in [0.4, 0.5) is 18.9 Å². The van der Waals surface area contributed by atoms with E-state index in [9.17, 15) is 18.0 Å². The molecule has 32 heavy (non-hydrogen) atoms. The van der Waals surface area contributed by atoms with Crippen molar-refractivity contribution in [3.8, 4) is 22.9 Å². The van der Waals surface area contributed by atoms with Crippen LogP contribution in [-0.2, 0) is 11.3 Å². The van der Waals surface area contributed by atoms with Crippen LogP contribution in [0.2, 0.25) is 0 Å². The first-order valence-corrected chi connectivity index (χ1v) is 9.30. The van der Waals surface area contributed by atoms with Crippen LogP contribution in [0.5, 0.6) is 11.6 Å². The summed E-state index contributed by atoms with van der Waals surface area (Å²) in [5, 5.41) is 3.71. The summed E-state index contributed by atoms with van der Waals surface area (Å²) in [4.78, 5) is 23.0. The first kappa shape index (κ1) is 21.6. The molecule has 0 saturated heterocycles. The van der Waals surface area contributed by atoms with Crippen molar-refractivity contribution in [3.05, 3.63) is 48.0 Å². The van der Waals surface area contributed by atoms with E-state index in [1.54, 1.807) is 24.4 Å². The van der Waals surface area contributed by atoms with Gasteiger partial charge in [0, 0.05) is 25.1 Å². The zero-order chi connectivity index (χ0) is 23.0. The van der Waals surface area contributed by atoms with Gasteiger partial charge in [-0.1, -0.05) is 0 Å². The number of carbonyl (C=O) groups is 1. The average molecular weight is 449 g/mol. The fourth-order valence-electron chi connectivity index (χ4n) is 3.45. The van der Waals surface area contributed by atoms with Gasteiger partial charge in [0.25, 0.3) is 11.8 Å². The minimum absolute atomic E-state index is 0.165. The number of fused-ring (bicyclic) bond motifs is 1. The fraction of sp³-hybridized carbons (Fsp3) is 0.300. The van der Waals surface area contributed by atoms with E-state index in [4.69, 9.17) is 14.2 Å². The number of rotatable bonds is 6. The molecule has 0 fully saturated rings. The summed E-state index contributed by atoms with van der Waals surface area (Å²) in [5.41, 5.74) is 1.88. The lowest BCUT2D eigenvalue weighted by molar-refractivity contribution is -0.142. The smallest absolute Gasteiger partial charge is 0.408 e. The number of alkyl halides is 3. The van der Waals surface area contributed by atoms with Gasteiger partial charge in [0.1, 0.15) is 12.2 Å². The van der Waals surface area contributed by atoms with Crippen molar-refractivity contribution >= 4 is 11.6 Å². The second-order valence-electron chi connectivity index (χ2n) is 6.84. The second kappa shape index (κ2) is 8.11. The standard InChI is InChI=1S/C20H18F3N5O4/c1-30-15-6-11(7-24-17(15)31-2)14-5-4-13-16(26-14)19(32-3)28(18(13)29)12-8-25-27(9-12)10-20(21,22)23/h4-9,19H,10H2,1-3H3. The minimum atomic E-state index is -4.44. The molecule has 0 bridgehead atoms. The van der Waals surface area contributed by atoms with Crippen molar-refractivity contribution in [3.63, 3.8) is 0 Å². The van der Waals surface area contributed by atoms with E-state index in [1.165, 1.54) is 32.4 Å². The van der Waals surface area contributed by atoms with Crippen molar-refractivity contribution in [2.24, 2.45) is 0 Å². The van der Waals surface area contributed by atoms with Gasteiger partial charge in [-0.15, -0.1) is 0 Å². The SMILES string of the molecule is COc1cc(-c2ccc3c(n2)C(OC)N(c2cnn(CC(F)(F)F)c2)C3=O)cnc1OC. The summed E-state index contributed by atoms with van der Waals surface area (Å²) in [6, 6.07) is 4.92. The van der Waals surface area contributed by atoms with Crippen LogP contribution < -0.4 is 14.4 Å². The molecule has 3 aromatic rings. The first-order valence-electron chi connectivity index (χ1n) is 9.30. The predicted molar refractivity (Wildman–Crippen MR) is 105 cm³/mol. The molecule has 0 N–H and O–H groups in total. The van der Waals surface area contributed by atoms with Crippen LogP contribution in [-0.4, -0.2) is 53.2 Å². The maximum Gasteiger partial charge on any atom is 0.408 e. The van der Waals surface area contributed by atoms with Crippen molar-refractivity contribution in [2.75, 3.05) is 26.2 Å². The highest BCUT2D eigenvalue weighted by Gasteiger charge is 2.40. The molecule has 0 radical (unpaired) electrons. The minimum Gasteiger partial charge on any atom is -0.491 e. The molecule has 1 atom stereocenters. The van der Waals surface area contributed by atoms with E-state index in [0.29, 0.717) is 33.3 Å². The van der Waals surface area contributed by atoms with Crippen molar-refractivity contribution in [1.29, 1.82) is 0 Å². The molecule has 0 aliphatic carbocycles. The molecule has 1 aliphatic rings. The van der Waals surface area contributed by atoms with E-state index in [0.717, 1.165) is 6.20 Å². The topological polar surface area (TPSA) is 91.6 Å². The number of carbonyl (C=O) groups excluding carboxylic acids is 1. The number of amides is 1. The largest absolute Gasteiger partial charge is 0.491 e. The third-order valence-electron chi connectivity index (χ3n) is 4.83. The van der Waals surface area contributed by atoms with E-state index >= 15 is 0 Å². The molecule has 1 amide bonds. The van der Waals surface area contributed by atoms with Gasteiger partial charge in [-0.2, -0.15) is 18.3 Å². The highest BCUT2D eigenvalue weighted by atomic mass is 19.4. The quantitative estimate of drug-likeness (QED) is 0.571. The Hall–Kier alpha value is -3.67. The molecular formula is C20H18F3N5O4. The summed E-state index contributed by atoms with van der Waals surface area (Å²) in [6.45, 7) is -1.27. The Bertz CT molecular complexity index is 1160. The Morgan fingerprint density at radius 3 is 2.56 bits per heavy atom. The van der Waals surface area contributed by atoms with Gasteiger partial charge in [-0.05, 0) is 18.2 Å². The van der Waals surface area contributed by atoms with Gasteiger partial charge in [0.05, 0.1) is 37.4 Å². The zero-order valence-electron chi connectivity index (χ0n) is 17.3. The number of nitrogens with zero attached hydrogens (tertiary/aromatic N) is 5. The van der Waals surface area contributed by atoms with Crippen LogP contribution in [0, 0.1) is 0 Å². The molecule has 3 aromatic heterocycles. The van der Waals surface area contributed by atoms with E-state index in [2.05, 4.69) is 15.1 Å². The summed E-state index contributed by atoms with van der Waals surface area (Å²) in [7, 11) is 4.33. The highest BCUT2D eigenvalue weighted by molar-refractivity contribution is 6.10. The van der Waals surface area contributed by atoms with E-state index < -0.39 is 24.9 Å². The summed E-state index contributed by atoms with van der Waals surface area (Å²) >= 11 is 0. The zero-order valence-corrected chi connectivity index (χ0v) is 17.3. The molecule has 1 unspecified atom stereocenters. The fourth-order valence-corrected chi connectivity index (χ4v) is 3.45. The van der Waals surface area contributed by atoms with Gasteiger partial charge < -0.3 is 14.2 Å². The number of ether oxygens (including phenoxy) is 3. The Labute approximate surface area is 180 Å². The molecule has 12 heteroatoms. The van der Waals surface area contributed by atoms with Gasteiger partial charge >= 0.3 is 6.18 Å². The Morgan fingerprint density at radius 2 is 1.91 bits per heavy atom. The maximum atomic E-state index is 13.0. The third kappa shape index (κ3) is 3.84. The lowest BCUT2D eigenvalue weighted by atomic mass is 10.1. The monoisotopic (exact) mass is 449 g/mol. The number of anilines is 1. The van der Waals surface area contributed by atoms with Crippen molar-refractivity contribution < 1.29 is 32.2 Å². The molecule has 0 saturated carbocycles. The number of halogens is 3. The molecular weight excluding hydrogens is 431 g/mol. The van der Waals surface area contributed by atoms with Gasteiger partial charge in [-0.25, -0.2) is 9.97 Å². The summed E-state index contributed by atoms with van der Waals surface area (Å²) in [6.07, 6.45) is -1.50.